The van der Waals surface area contributed by atoms with E-state index in [4.69, 9.17) is 16.0 Å². The van der Waals surface area contributed by atoms with E-state index in [1.807, 2.05) is 0 Å². The van der Waals surface area contributed by atoms with Crippen LogP contribution in [0.25, 0.3) is 0 Å². The van der Waals surface area contributed by atoms with Crippen LogP contribution in [0.2, 0.25) is 18.1 Å². The van der Waals surface area contributed by atoms with E-state index in [1.54, 1.807) is 0 Å². The van der Waals surface area contributed by atoms with Crippen molar-refractivity contribution in [3.05, 3.63) is 0 Å². The minimum Gasteiger partial charge on any atom is -0.518 e. The summed E-state index contributed by atoms with van der Waals surface area (Å²) in [6.45, 7) is 6.73. The van der Waals surface area contributed by atoms with Crippen LogP contribution in [0.5, 0.6) is 0 Å². The summed E-state index contributed by atoms with van der Waals surface area (Å²) in [7, 11) is -1.96. The summed E-state index contributed by atoms with van der Waals surface area (Å²) in [6.07, 6.45) is 15.1. The molecule has 0 N–H and O–H groups in total. The largest absolute Gasteiger partial charge is 0.518 e. The van der Waals surface area contributed by atoms with Gasteiger partial charge in [0.25, 0.3) is 8.32 Å². The third kappa shape index (κ3) is 12.4. The minimum atomic E-state index is -1.96. The SMILES string of the molecule is CCCCCC[Si](CCCCCC)(CCCCCC)OC(=O)CCl. The zero-order valence-electron chi connectivity index (χ0n) is 16.5. The second-order valence-corrected chi connectivity index (χ2v) is 11.6. The molecule has 0 atom stereocenters. The Bertz CT molecular complexity index is 266. The number of carbonyl (C=O) groups is 1. The molecule has 24 heavy (non-hydrogen) atoms. The molecule has 0 fully saturated rings. The second-order valence-electron chi connectivity index (χ2n) is 7.22. The normalized spacial score (nSPS) is 11.7. The quantitative estimate of drug-likeness (QED) is 0.149. The maximum absolute atomic E-state index is 12.0. The van der Waals surface area contributed by atoms with Crippen LogP contribution < -0.4 is 0 Å². The summed E-state index contributed by atoms with van der Waals surface area (Å²) in [5.74, 6) is -0.169. The predicted octanol–water partition coefficient (Wildman–Crippen LogP) is 7.45. The van der Waals surface area contributed by atoms with E-state index in [1.165, 1.54) is 77.0 Å². The van der Waals surface area contributed by atoms with E-state index < -0.39 is 8.32 Å². The summed E-state index contributed by atoms with van der Waals surface area (Å²) in [6, 6.07) is 3.44. The Labute approximate surface area is 157 Å². The molecule has 0 radical (unpaired) electrons. The van der Waals surface area contributed by atoms with Crippen molar-refractivity contribution in [2.24, 2.45) is 0 Å². The molecule has 0 aromatic heterocycles. The number of alkyl halides is 1. The Morgan fingerprint density at radius 3 is 1.38 bits per heavy atom. The van der Waals surface area contributed by atoms with Gasteiger partial charge in [-0.05, 0) is 18.1 Å². The number of unbranched alkanes of at least 4 members (excludes halogenated alkanes) is 9. The molecule has 0 heterocycles. The molecule has 0 bridgehead atoms. The lowest BCUT2D eigenvalue weighted by Gasteiger charge is -2.31. The van der Waals surface area contributed by atoms with Crippen molar-refractivity contribution in [1.82, 2.24) is 0 Å². The molecule has 0 saturated heterocycles. The van der Waals surface area contributed by atoms with Crippen LogP contribution in [0.3, 0.4) is 0 Å². The van der Waals surface area contributed by atoms with Gasteiger partial charge in [0.2, 0.25) is 0 Å². The fourth-order valence-corrected chi connectivity index (χ4v) is 7.86. The van der Waals surface area contributed by atoms with Crippen molar-refractivity contribution in [3.8, 4) is 0 Å². The summed E-state index contributed by atoms with van der Waals surface area (Å²) in [4.78, 5) is 12.0. The molecule has 0 aromatic rings. The van der Waals surface area contributed by atoms with Crippen LogP contribution in [0.1, 0.15) is 97.8 Å². The zero-order chi connectivity index (χ0) is 18.1. The highest BCUT2D eigenvalue weighted by atomic mass is 35.5. The maximum Gasteiger partial charge on any atom is 0.307 e. The minimum absolute atomic E-state index is 0.00757. The van der Waals surface area contributed by atoms with Crippen LogP contribution in [0.4, 0.5) is 0 Å². The molecule has 0 aliphatic rings. The lowest BCUT2D eigenvalue weighted by atomic mass is 10.2. The highest BCUT2D eigenvalue weighted by Crippen LogP contribution is 2.31. The molecule has 0 amide bonds. The number of carbonyl (C=O) groups excluding carboxylic acids is 1. The lowest BCUT2D eigenvalue weighted by molar-refractivity contribution is -0.132. The monoisotopic (exact) mass is 376 g/mol. The summed E-state index contributed by atoms with van der Waals surface area (Å²) in [5, 5.41) is 0. The van der Waals surface area contributed by atoms with E-state index in [2.05, 4.69) is 20.8 Å². The molecular formula is C20H41ClO2Si. The first-order valence-electron chi connectivity index (χ1n) is 10.4. The molecule has 0 unspecified atom stereocenters. The van der Waals surface area contributed by atoms with E-state index in [0.717, 1.165) is 18.1 Å². The first kappa shape index (κ1) is 24.0. The van der Waals surface area contributed by atoms with Gasteiger partial charge in [0.1, 0.15) is 5.88 Å². The van der Waals surface area contributed by atoms with E-state index in [9.17, 15) is 4.79 Å². The Balaban J connectivity index is 4.74. The molecule has 2 nitrogen and oxygen atoms in total. The molecule has 4 heteroatoms. The molecule has 0 saturated carbocycles. The average Bonchev–Trinajstić information content (AvgIpc) is 2.59. The number of rotatable bonds is 17. The fraction of sp³-hybridized carbons (Fsp3) is 0.950. The highest BCUT2D eigenvalue weighted by Gasteiger charge is 2.36. The molecular weight excluding hydrogens is 336 g/mol. The van der Waals surface area contributed by atoms with Gasteiger partial charge in [0.15, 0.2) is 0 Å². The van der Waals surface area contributed by atoms with Crippen LogP contribution in [-0.2, 0) is 9.22 Å². The Hall–Kier alpha value is -0.0231. The summed E-state index contributed by atoms with van der Waals surface area (Å²) < 4.78 is 6.10. The van der Waals surface area contributed by atoms with Gasteiger partial charge in [0, 0.05) is 0 Å². The van der Waals surface area contributed by atoms with Crippen LogP contribution in [-0.4, -0.2) is 20.2 Å². The van der Waals surface area contributed by atoms with Crippen LogP contribution in [0, 0.1) is 0 Å². The van der Waals surface area contributed by atoms with Crippen LogP contribution >= 0.6 is 11.6 Å². The molecule has 144 valence electrons. The smallest absolute Gasteiger partial charge is 0.307 e. The van der Waals surface area contributed by atoms with E-state index in [0.29, 0.717) is 0 Å². The Morgan fingerprint density at radius 2 is 1.08 bits per heavy atom. The maximum atomic E-state index is 12.0. The molecule has 0 rings (SSSR count). The van der Waals surface area contributed by atoms with Crippen molar-refractivity contribution in [1.29, 1.82) is 0 Å². The fourth-order valence-electron chi connectivity index (χ4n) is 3.42. The van der Waals surface area contributed by atoms with Crippen LogP contribution in [0.15, 0.2) is 0 Å². The molecule has 0 spiro atoms. The first-order valence-corrected chi connectivity index (χ1v) is 13.5. The van der Waals surface area contributed by atoms with Crippen molar-refractivity contribution >= 4 is 25.9 Å². The number of hydrogen-bond donors (Lipinski definition) is 0. The van der Waals surface area contributed by atoms with E-state index in [-0.39, 0.29) is 11.8 Å². The van der Waals surface area contributed by atoms with Gasteiger partial charge in [-0.3, -0.25) is 4.79 Å². The molecule has 0 aliphatic heterocycles. The third-order valence-corrected chi connectivity index (χ3v) is 9.57. The summed E-state index contributed by atoms with van der Waals surface area (Å²) >= 11 is 5.76. The third-order valence-electron chi connectivity index (χ3n) is 4.90. The van der Waals surface area contributed by atoms with Gasteiger partial charge >= 0.3 is 5.97 Å². The predicted molar refractivity (Wildman–Crippen MR) is 109 cm³/mol. The Kier molecular flexibility index (Phi) is 16.4. The summed E-state index contributed by atoms with van der Waals surface area (Å²) in [5.41, 5.74) is 0. The van der Waals surface area contributed by atoms with Crippen molar-refractivity contribution in [3.63, 3.8) is 0 Å². The van der Waals surface area contributed by atoms with Gasteiger partial charge in [-0.25, -0.2) is 0 Å². The van der Waals surface area contributed by atoms with Crippen molar-refractivity contribution in [2.45, 2.75) is 116 Å². The van der Waals surface area contributed by atoms with Crippen molar-refractivity contribution < 1.29 is 9.22 Å². The van der Waals surface area contributed by atoms with Gasteiger partial charge in [-0.1, -0.05) is 97.8 Å². The van der Waals surface area contributed by atoms with Gasteiger partial charge < -0.3 is 4.43 Å². The van der Waals surface area contributed by atoms with Crippen molar-refractivity contribution in [2.75, 3.05) is 5.88 Å². The molecule has 0 aromatic carbocycles. The lowest BCUT2D eigenvalue weighted by Crippen LogP contribution is -2.40. The van der Waals surface area contributed by atoms with Gasteiger partial charge in [-0.15, -0.1) is 11.6 Å². The Morgan fingerprint density at radius 1 is 0.708 bits per heavy atom. The highest BCUT2D eigenvalue weighted by molar-refractivity contribution is 6.75. The zero-order valence-corrected chi connectivity index (χ0v) is 18.3. The molecule has 0 aliphatic carbocycles. The van der Waals surface area contributed by atoms with Gasteiger partial charge in [-0.2, -0.15) is 0 Å². The second kappa shape index (κ2) is 16.4. The number of hydrogen-bond acceptors (Lipinski definition) is 2. The number of halogens is 1. The first-order chi connectivity index (χ1) is 11.6. The van der Waals surface area contributed by atoms with E-state index >= 15 is 0 Å². The average molecular weight is 377 g/mol. The standard InChI is InChI=1S/C20H41ClO2Si/c1-4-7-10-13-16-24(23-20(22)19-21,17-14-11-8-5-2)18-15-12-9-6-3/h4-19H2,1-3H3. The van der Waals surface area contributed by atoms with Gasteiger partial charge in [0.05, 0.1) is 0 Å². The topological polar surface area (TPSA) is 26.3 Å².